The quantitative estimate of drug-likeness (QED) is 0.490. The summed E-state index contributed by atoms with van der Waals surface area (Å²) in [5.41, 5.74) is 1.58. The molecule has 0 bridgehead atoms. The van der Waals surface area contributed by atoms with Gasteiger partial charge in [0.1, 0.15) is 11.6 Å². The van der Waals surface area contributed by atoms with Crippen molar-refractivity contribution in [2.24, 2.45) is 0 Å². The van der Waals surface area contributed by atoms with Crippen molar-refractivity contribution >= 4 is 34.7 Å². The molecule has 0 spiro atoms. The first-order valence-corrected chi connectivity index (χ1v) is 7.42. The summed E-state index contributed by atoms with van der Waals surface area (Å²) in [4.78, 5) is 23.5. The van der Waals surface area contributed by atoms with E-state index in [9.17, 15) is 9.59 Å². The molecule has 0 radical (unpaired) electrons. The first-order chi connectivity index (χ1) is 11.5. The molecule has 0 unspecified atom stereocenters. The van der Waals surface area contributed by atoms with E-state index in [0.717, 1.165) is 0 Å². The highest BCUT2D eigenvalue weighted by molar-refractivity contribution is 6.30. The van der Waals surface area contributed by atoms with Crippen LogP contribution in [0.15, 0.2) is 60.3 Å². The third-order valence-corrected chi connectivity index (χ3v) is 3.37. The minimum absolute atomic E-state index is 0.0661. The van der Waals surface area contributed by atoms with E-state index >= 15 is 0 Å². The second-order valence-corrected chi connectivity index (χ2v) is 5.35. The molecule has 0 atom stereocenters. The zero-order valence-electron chi connectivity index (χ0n) is 12.8. The lowest BCUT2D eigenvalue weighted by Crippen LogP contribution is -2.14. The molecule has 0 aliphatic heterocycles. The van der Waals surface area contributed by atoms with Crippen LogP contribution in [-0.4, -0.2) is 11.7 Å². The van der Waals surface area contributed by atoms with Crippen molar-refractivity contribution in [1.82, 2.24) is 0 Å². The fourth-order valence-corrected chi connectivity index (χ4v) is 1.99. The highest BCUT2D eigenvalue weighted by atomic mass is 35.5. The minimum Gasteiger partial charge on any atom is -0.360 e. The molecule has 0 aromatic heterocycles. The van der Waals surface area contributed by atoms with Gasteiger partial charge >= 0.3 is 0 Å². The van der Waals surface area contributed by atoms with Crippen LogP contribution in [0.1, 0.15) is 17.3 Å². The molecule has 2 aromatic rings. The SMILES string of the molecule is CC(=O)c1cccc(N/C=C(/C#N)C(=O)Nc2ccc(Cl)cc2)c1. The Kier molecular flexibility index (Phi) is 5.72. The summed E-state index contributed by atoms with van der Waals surface area (Å²) >= 11 is 5.78. The van der Waals surface area contributed by atoms with Crippen molar-refractivity contribution < 1.29 is 9.59 Å². The van der Waals surface area contributed by atoms with Gasteiger partial charge in [-0.3, -0.25) is 9.59 Å². The number of ketones is 1. The van der Waals surface area contributed by atoms with E-state index in [4.69, 9.17) is 16.9 Å². The van der Waals surface area contributed by atoms with Gasteiger partial charge in [0, 0.05) is 28.2 Å². The predicted molar refractivity (Wildman–Crippen MR) is 93.8 cm³/mol. The lowest BCUT2D eigenvalue weighted by atomic mass is 10.1. The molecule has 6 heteroatoms. The molecule has 5 nitrogen and oxygen atoms in total. The second-order valence-electron chi connectivity index (χ2n) is 4.91. The summed E-state index contributed by atoms with van der Waals surface area (Å²) in [5.74, 6) is -0.612. The van der Waals surface area contributed by atoms with Crippen LogP contribution in [0, 0.1) is 11.3 Å². The zero-order chi connectivity index (χ0) is 17.5. The third-order valence-electron chi connectivity index (χ3n) is 3.12. The van der Waals surface area contributed by atoms with Gasteiger partial charge in [0.25, 0.3) is 5.91 Å². The summed E-state index contributed by atoms with van der Waals surface area (Å²) in [5, 5.41) is 15.1. The number of benzene rings is 2. The Morgan fingerprint density at radius 2 is 1.83 bits per heavy atom. The van der Waals surface area contributed by atoms with Crippen molar-refractivity contribution in [1.29, 1.82) is 5.26 Å². The highest BCUT2D eigenvalue weighted by Gasteiger charge is 2.09. The Bertz CT molecular complexity index is 836. The number of carbonyl (C=O) groups excluding carboxylic acids is 2. The number of Topliss-reactive ketones (excluding diaryl/α,β-unsaturated/α-hetero) is 1. The number of hydrogen-bond donors (Lipinski definition) is 2. The van der Waals surface area contributed by atoms with Crippen molar-refractivity contribution in [2.45, 2.75) is 6.92 Å². The molecular formula is C18H14ClN3O2. The number of rotatable bonds is 5. The molecule has 0 aliphatic rings. The summed E-state index contributed by atoms with van der Waals surface area (Å²) in [6.45, 7) is 1.47. The fourth-order valence-electron chi connectivity index (χ4n) is 1.86. The van der Waals surface area contributed by atoms with Gasteiger partial charge in [-0.15, -0.1) is 0 Å². The second kappa shape index (κ2) is 7.95. The van der Waals surface area contributed by atoms with Crippen LogP contribution >= 0.6 is 11.6 Å². The number of halogens is 1. The van der Waals surface area contributed by atoms with Crippen LogP contribution in [-0.2, 0) is 4.79 Å². The number of carbonyl (C=O) groups is 2. The Labute approximate surface area is 144 Å². The Morgan fingerprint density at radius 3 is 2.46 bits per heavy atom. The summed E-state index contributed by atoms with van der Waals surface area (Å²) in [6.07, 6.45) is 1.30. The van der Waals surface area contributed by atoms with Crippen LogP contribution < -0.4 is 10.6 Å². The van der Waals surface area contributed by atoms with Crippen LogP contribution in [0.5, 0.6) is 0 Å². The van der Waals surface area contributed by atoms with Gasteiger partial charge in [0.2, 0.25) is 0 Å². The molecule has 0 fully saturated rings. The number of hydrogen-bond acceptors (Lipinski definition) is 4. The number of nitrogens with one attached hydrogen (secondary N) is 2. The maximum atomic E-state index is 12.1. The van der Waals surface area contributed by atoms with Gasteiger partial charge in [-0.2, -0.15) is 5.26 Å². The standard InChI is InChI=1S/C18H14ClN3O2/c1-12(23)13-3-2-4-17(9-13)21-11-14(10-20)18(24)22-16-7-5-15(19)6-8-16/h2-9,11,21H,1H3,(H,22,24)/b14-11-. The van der Waals surface area contributed by atoms with Crippen molar-refractivity contribution in [2.75, 3.05) is 10.6 Å². The van der Waals surface area contributed by atoms with Gasteiger partial charge in [-0.1, -0.05) is 23.7 Å². The number of anilines is 2. The smallest absolute Gasteiger partial charge is 0.267 e. The molecule has 2 N–H and O–H groups in total. The lowest BCUT2D eigenvalue weighted by molar-refractivity contribution is -0.112. The van der Waals surface area contributed by atoms with E-state index < -0.39 is 5.91 Å². The van der Waals surface area contributed by atoms with Gasteiger partial charge in [0.05, 0.1) is 0 Å². The van der Waals surface area contributed by atoms with Gasteiger partial charge < -0.3 is 10.6 Å². The van der Waals surface area contributed by atoms with Gasteiger partial charge in [0.15, 0.2) is 5.78 Å². The number of nitriles is 1. The molecule has 2 aromatic carbocycles. The average Bonchev–Trinajstić information content (AvgIpc) is 2.57. The Morgan fingerprint density at radius 1 is 1.12 bits per heavy atom. The summed E-state index contributed by atoms with van der Waals surface area (Å²) in [7, 11) is 0. The highest BCUT2D eigenvalue weighted by Crippen LogP contribution is 2.15. The molecule has 0 saturated carbocycles. The number of nitrogens with zero attached hydrogens (tertiary/aromatic N) is 1. The monoisotopic (exact) mass is 339 g/mol. The zero-order valence-corrected chi connectivity index (χ0v) is 13.6. The Balaban J connectivity index is 2.10. The lowest BCUT2D eigenvalue weighted by Gasteiger charge is -2.06. The average molecular weight is 340 g/mol. The van der Waals surface area contributed by atoms with Gasteiger partial charge in [-0.25, -0.2) is 0 Å². The minimum atomic E-state index is -0.546. The van der Waals surface area contributed by atoms with E-state index in [1.54, 1.807) is 48.5 Å². The first kappa shape index (κ1) is 17.3. The van der Waals surface area contributed by atoms with Crippen LogP contribution in [0.2, 0.25) is 5.02 Å². The summed E-state index contributed by atoms with van der Waals surface area (Å²) < 4.78 is 0. The number of amides is 1. The molecule has 0 saturated heterocycles. The molecular weight excluding hydrogens is 326 g/mol. The molecule has 1 amide bonds. The molecule has 120 valence electrons. The van der Waals surface area contributed by atoms with E-state index in [-0.39, 0.29) is 11.4 Å². The van der Waals surface area contributed by atoms with E-state index in [2.05, 4.69) is 10.6 Å². The van der Waals surface area contributed by atoms with Crippen molar-refractivity contribution in [3.05, 3.63) is 70.9 Å². The maximum absolute atomic E-state index is 12.1. The third kappa shape index (κ3) is 4.70. The predicted octanol–water partition coefficient (Wildman–Crippen LogP) is 4.00. The van der Waals surface area contributed by atoms with Crippen molar-refractivity contribution in [3.8, 4) is 6.07 Å². The van der Waals surface area contributed by atoms with Crippen LogP contribution in [0.4, 0.5) is 11.4 Å². The molecule has 0 aliphatic carbocycles. The first-order valence-electron chi connectivity index (χ1n) is 7.04. The molecule has 2 rings (SSSR count). The Hall–Kier alpha value is -3.10. The topological polar surface area (TPSA) is 82.0 Å². The van der Waals surface area contributed by atoms with E-state index in [1.807, 2.05) is 6.07 Å². The maximum Gasteiger partial charge on any atom is 0.267 e. The van der Waals surface area contributed by atoms with E-state index in [0.29, 0.717) is 22.0 Å². The van der Waals surface area contributed by atoms with Crippen LogP contribution in [0.25, 0.3) is 0 Å². The largest absolute Gasteiger partial charge is 0.360 e. The van der Waals surface area contributed by atoms with Crippen LogP contribution in [0.3, 0.4) is 0 Å². The molecule has 24 heavy (non-hydrogen) atoms. The van der Waals surface area contributed by atoms with Crippen molar-refractivity contribution in [3.63, 3.8) is 0 Å². The van der Waals surface area contributed by atoms with E-state index in [1.165, 1.54) is 13.1 Å². The summed E-state index contributed by atoms with van der Waals surface area (Å²) in [6, 6.07) is 15.2. The molecule has 0 heterocycles. The fraction of sp³-hybridized carbons (Fsp3) is 0.0556. The van der Waals surface area contributed by atoms with Gasteiger partial charge in [-0.05, 0) is 43.3 Å². The normalized spacial score (nSPS) is 10.6.